The third-order valence-corrected chi connectivity index (χ3v) is 3.36. The van der Waals surface area contributed by atoms with Gasteiger partial charge in [-0.25, -0.2) is 0 Å². The highest BCUT2D eigenvalue weighted by Gasteiger charge is 2.24. The maximum atomic E-state index is 12.0. The third-order valence-electron chi connectivity index (χ3n) is 3.36. The Morgan fingerprint density at radius 3 is 2.59 bits per heavy atom. The van der Waals surface area contributed by atoms with E-state index in [2.05, 4.69) is 5.32 Å². The number of carbonyl (C=O) groups is 2. The quantitative estimate of drug-likeness (QED) is 0.618. The summed E-state index contributed by atoms with van der Waals surface area (Å²) in [6.45, 7) is 5.55. The minimum atomic E-state index is 0.101. The normalized spacial score (nSPS) is 23.0. The van der Waals surface area contributed by atoms with Gasteiger partial charge in [0.25, 0.3) is 0 Å². The lowest BCUT2D eigenvalue weighted by molar-refractivity contribution is -0.138. The molecule has 2 aliphatic heterocycles. The van der Waals surface area contributed by atoms with Crippen molar-refractivity contribution < 1.29 is 9.59 Å². The Morgan fingerprint density at radius 1 is 1.24 bits per heavy atom. The molecule has 2 fully saturated rings. The average molecular weight is 240 g/mol. The van der Waals surface area contributed by atoms with Gasteiger partial charge in [0.2, 0.25) is 11.8 Å². The first kappa shape index (κ1) is 12.3. The summed E-state index contributed by atoms with van der Waals surface area (Å²) in [4.78, 5) is 29.0. The molecule has 0 atom stereocenters. The van der Waals surface area contributed by atoms with Crippen molar-refractivity contribution in [3.8, 4) is 0 Å². The molecule has 0 unspecified atom stereocenters. The second-order valence-electron chi connectivity index (χ2n) is 4.66. The number of nitrogens with one attached hydrogen (secondary N) is 1. The first-order valence-electron chi connectivity index (χ1n) is 6.11. The molecule has 0 spiro atoms. The van der Waals surface area contributed by atoms with Gasteiger partial charge in [-0.15, -0.1) is 0 Å². The van der Waals surface area contributed by atoms with Crippen molar-refractivity contribution in [2.45, 2.75) is 0 Å². The van der Waals surface area contributed by atoms with E-state index in [9.17, 15) is 9.59 Å². The van der Waals surface area contributed by atoms with Crippen LogP contribution in [0.3, 0.4) is 0 Å². The summed E-state index contributed by atoms with van der Waals surface area (Å²) >= 11 is 0. The number of carbonyl (C=O) groups excluding carboxylic acids is 2. The van der Waals surface area contributed by atoms with E-state index in [1.165, 1.54) is 0 Å². The van der Waals surface area contributed by atoms with E-state index in [-0.39, 0.29) is 11.8 Å². The highest BCUT2D eigenvalue weighted by molar-refractivity contribution is 5.81. The monoisotopic (exact) mass is 240 g/mol. The maximum Gasteiger partial charge on any atom is 0.236 e. The summed E-state index contributed by atoms with van der Waals surface area (Å²) < 4.78 is 0. The minimum absolute atomic E-state index is 0.101. The molecule has 0 aromatic rings. The van der Waals surface area contributed by atoms with E-state index in [0.29, 0.717) is 19.6 Å². The third kappa shape index (κ3) is 3.17. The van der Waals surface area contributed by atoms with E-state index >= 15 is 0 Å². The van der Waals surface area contributed by atoms with Gasteiger partial charge < -0.3 is 15.1 Å². The van der Waals surface area contributed by atoms with Crippen molar-refractivity contribution >= 4 is 11.8 Å². The second-order valence-corrected chi connectivity index (χ2v) is 4.66. The fraction of sp³-hybridized carbons (Fsp3) is 0.818. The van der Waals surface area contributed by atoms with Crippen LogP contribution in [-0.4, -0.2) is 85.9 Å². The minimum Gasteiger partial charge on any atom is -0.343 e. The lowest BCUT2D eigenvalue weighted by Gasteiger charge is -2.34. The highest BCUT2D eigenvalue weighted by atomic mass is 16.2. The van der Waals surface area contributed by atoms with Crippen LogP contribution < -0.4 is 5.32 Å². The highest BCUT2D eigenvalue weighted by Crippen LogP contribution is 2.02. The van der Waals surface area contributed by atoms with Gasteiger partial charge in [-0.2, -0.15) is 0 Å². The van der Waals surface area contributed by atoms with Crippen molar-refractivity contribution in [1.82, 2.24) is 20.0 Å². The summed E-state index contributed by atoms with van der Waals surface area (Å²) in [6, 6.07) is 0. The molecule has 0 aromatic carbocycles. The summed E-state index contributed by atoms with van der Waals surface area (Å²) in [7, 11) is 1.80. The summed E-state index contributed by atoms with van der Waals surface area (Å²) in [5, 5.41) is 3.22. The molecule has 2 rings (SSSR count). The molecule has 0 aliphatic carbocycles. The van der Waals surface area contributed by atoms with Gasteiger partial charge in [-0.05, 0) is 0 Å². The zero-order valence-corrected chi connectivity index (χ0v) is 10.3. The van der Waals surface area contributed by atoms with E-state index in [1.807, 2.05) is 9.80 Å². The van der Waals surface area contributed by atoms with Crippen molar-refractivity contribution in [3.05, 3.63) is 0 Å². The molecular formula is C11H20N4O2. The van der Waals surface area contributed by atoms with Gasteiger partial charge in [-0.3, -0.25) is 14.5 Å². The molecule has 2 saturated heterocycles. The van der Waals surface area contributed by atoms with Crippen LogP contribution in [0.15, 0.2) is 0 Å². The summed E-state index contributed by atoms with van der Waals surface area (Å²) in [5.74, 6) is 0.244. The fourth-order valence-electron chi connectivity index (χ4n) is 2.15. The van der Waals surface area contributed by atoms with Crippen LogP contribution in [0.4, 0.5) is 0 Å². The Balaban J connectivity index is 1.80. The first-order valence-corrected chi connectivity index (χ1v) is 6.11. The molecular weight excluding hydrogens is 220 g/mol. The SMILES string of the molecule is CN1CCN(CC(=O)N2CCNCC2)CC1=O. The number of amides is 2. The van der Waals surface area contributed by atoms with Crippen molar-refractivity contribution in [2.75, 3.05) is 59.4 Å². The van der Waals surface area contributed by atoms with Crippen molar-refractivity contribution in [1.29, 1.82) is 0 Å². The molecule has 0 radical (unpaired) electrons. The molecule has 6 nitrogen and oxygen atoms in total. The Labute approximate surface area is 102 Å². The van der Waals surface area contributed by atoms with Gasteiger partial charge in [-0.1, -0.05) is 0 Å². The van der Waals surface area contributed by atoms with Gasteiger partial charge in [0, 0.05) is 46.3 Å². The number of hydrogen-bond acceptors (Lipinski definition) is 4. The van der Waals surface area contributed by atoms with Crippen LogP contribution in [0.25, 0.3) is 0 Å². The molecule has 6 heteroatoms. The molecule has 2 amide bonds. The number of hydrogen-bond donors (Lipinski definition) is 1. The van der Waals surface area contributed by atoms with Crippen LogP contribution >= 0.6 is 0 Å². The van der Waals surface area contributed by atoms with E-state index < -0.39 is 0 Å². The van der Waals surface area contributed by atoms with E-state index in [0.717, 1.165) is 32.7 Å². The largest absolute Gasteiger partial charge is 0.343 e. The lowest BCUT2D eigenvalue weighted by atomic mass is 10.3. The Kier molecular flexibility index (Phi) is 3.96. The predicted octanol–water partition coefficient (Wildman–Crippen LogP) is -1.81. The number of nitrogens with zero attached hydrogens (tertiary/aromatic N) is 3. The Bertz CT molecular complexity index is 302. The molecule has 17 heavy (non-hydrogen) atoms. The number of piperazine rings is 2. The molecule has 2 aliphatic rings. The zero-order chi connectivity index (χ0) is 12.3. The van der Waals surface area contributed by atoms with Crippen molar-refractivity contribution in [3.63, 3.8) is 0 Å². The second kappa shape index (κ2) is 5.46. The standard InChI is InChI=1S/C11H20N4O2/c1-13-6-7-14(8-10(13)16)9-11(17)15-4-2-12-3-5-15/h12H,2-9H2,1H3. The van der Waals surface area contributed by atoms with Crippen LogP contribution in [-0.2, 0) is 9.59 Å². The molecule has 96 valence electrons. The Hall–Kier alpha value is -1.14. The molecule has 1 N–H and O–H groups in total. The van der Waals surface area contributed by atoms with Gasteiger partial charge >= 0.3 is 0 Å². The summed E-state index contributed by atoms with van der Waals surface area (Å²) in [5.41, 5.74) is 0. The van der Waals surface area contributed by atoms with Crippen LogP contribution in [0, 0.1) is 0 Å². The van der Waals surface area contributed by atoms with Gasteiger partial charge in [0.1, 0.15) is 0 Å². The van der Waals surface area contributed by atoms with E-state index in [4.69, 9.17) is 0 Å². The van der Waals surface area contributed by atoms with Crippen LogP contribution in [0.5, 0.6) is 0 Å². The van der Waals surface area contributed by atoms with Gasteiger partial charge in [0.15, 0.2) is 0 Å². The number of rotatable bonds is 2. The van der Waals surface area contributed by atoms with Gasteiger partial charge in [0.05, 0.1) is 13.1 Å². The number of likely N-dealkylation sites (N-methyl/N-ethyl adjacent to an activating group) is 1. The maximum absolute atomic E-state index is 12.0. The summed E-state index contributed by atoms with van der Waals surface area (Å²) in [6.07, 6.45) is 0. The van der Waals surface area contributed by atoms with E-state index in [1.54, 1.807) is 11.9 Å². The molecule has 0 aromatic heterocycles. The smallest absolute Gasteiger partial charge is 0.236 e. The topological polar surface area (TPSA) is 55.9 Å². The lowest BCUT2D eigenvalue weighted by Crippen LogP contribution is -2.54. The molecule has 2 heterocycles. The van der Waals surface area contributed by atoms with Crippen LogP contribution in [0.1, 0.15) is 0 Å². The van der Waals surface area contributed by atoms with Crippen LogP contribution in [0.2, 0.25) is 0 Å². The molecule has 0 bridgehead atoms. The average Bonchev–Trinajstić information content (AvgIpc) is 2.35. The van der Waals surface area contributed by atoms with Crippen molar-refractivity contribution in [2.24, 2.45) is 0 Å². The first-order chi connectivity index (χ1) is 8.16. The molecule has 0 saturated carbocycles. The predicted molar refractivity (Wildman–Crippen MR) is 63.5 cm³/mol. The fourth-order valence-corrected chi connectivity index (χ4v) is 2.15. The zero-order valence-electron chi connectivity index (χ0n) is 10.3. The Morgan fingerprint density at radius 2 is 1.94 bits per heavy atom.